The first-order chi connectivity index (χ1) is 8.62. The van der Waals surface area contributed by atoms with Gasteiger partial charge < -0.3 is 4.74 Å². The monoisotopic (exact) mass is 249 g/mol. The highest BCUT2D eigenvalue weighted by atomic mass is 16.5. The van der Waals surface area contributed by atoms with Crippen LogP contribution in [0.3, 0.4) is 0 Å². The largest absolute Gasteiger partial charge is 0.462 e. The molecule has 0 aromatic rings. The number of hydrogen-bond donors (Lipinski definition) is 0. The molecule has 0 amide bonds. The van der Waals surface area contributed by atoms with Crippen molar-refractivity contribution < 1.29 is 9.53 Å². The highest BCUT2D eigenvalue weighted by molar-refractivity contribution is 5.93. The Morgan fingerprint density at radius 3 is 2.22 bits per heavy atom. The topological polar surface area (TPSA) is 50.1 Å². The van der Waals surface area contributed by atoms with Crippen molar-refractivity contribution in [3.05, 3.63) is 11.1 Å². The molecule has 3 nitrogen and oxygen atoms in total. The van der Waals surface area contributed by atoms with E-state index in [4.69, 9.17) is 10.00 Å². The van der Waals surface area contributed by atoms with Crippen molar-refractivity contribution in [3.8, 4) is 6.07 Å². The Kier molecular flexibility index (Phi) is 5.40. The Labute approximate surface area is 110 Å². The third-order valence-electron chi connectivity index (χ3n) is 4.36. The minimum Gasteiger partial charge on any atom is -0.462 e. The van der Waals surface area contributed by atoms with Crippen LogP contribution in [0.15, 0.2) is 11.1 Å². The normalized spacial score (nSPS) is 18.0. The minimum atomic E-state index is -0.449. The van der Waals surface area contributed by atoms with Gasteiger partial charge in [-0.05, 0) is 43.6 Å². The van der Waals surface area contributed by atoms with E-state index in [1.807, 2.05) is 6.07 Å². The van der Waals surface area contributed by atoms with Gasteiger partial charge in [-0.1, -0.05) is 26.7 Å². The zero-order chi connectivity index (χ0) is 13.6. The minimum absolute atomic E-state index is 0.248. The quantitative estimate of drug-likeness (QED) is 0.433. The smallest absolute Gasteiger partial charge is 0.348 e. The summed E-state index contributed by atoms with van der Waals surface area (Å²) in [5.74, 6) is -0.449. The number of allylic oxidation sites excluding steroid dienone is 1. The summed E-state index contributed by atoms with van der Waals surface area (Å²) in [5.41, 5.74) is 1.66. The van der Waals surface area contributed by atoms with E-state index in [9.17, 15) is 4.79 Å². The number of ether oxygens (including phenoxy) is 1. The summed E-state index contributed by atoms with van der Waals surface area (Å²) in [5, 5.41) is 9.11. The first-order valence-corrected chi connectivity index (χ1v) is 6.91. The Bertz CT molecular complexity index is 360. The summed E-state index contributed by atoms with van der Waals surface area (Å²) < 4.78 is 4.93. The lowest BCUT2D eigenvalue weighted by Gasteiger charge is -2.36. The van der Waals surface area contributed by atoms with Gasteiger partial charge in [-0.3, -0.25) is 0 Å². The molecule has 18 heavy (non-hydrogen) atoms. The molecule has 1 rings (SSSR count). The van der Waals surface area contributed by atoms with Crippen LogP contribution in [0.25, 0.3) is 0 Å². The second kappa shape index (κ2) is 6.58. The number of nitriles is 1. The van der Waals surface area contributed by atoms with Gasteiger partial charge in [0.15, 0.2) is 0 Å². The molecule has 0 aromatic carbocycles. The van der Waals surface area contributed by atoms with Crippen molar-refractivity contribution in [1.29, 1.82) is 5.26 Å². The molecule has 0 spiro atoms. The zero-order valence-corrected chi connectivity index (χ0v) is 11.7. The first-order valence-electron chi connectivity index (χ1n) is 6.91. The van der Waals surface area contributed by atoms with Gasteiger partial charge in [0.25, 0.3) is 0 Å². The molecular formula is C15H23NO2. The fraction of sp³-hybridized carbons (Fsp3) is 0.733. The van der Waals surface area contributed by atoms with Crippen molar-refractivity contribution in [2.45, 2.75) is 59.3 Å². The number of hydrogen-bond acceptors (Lipinski definition) is 3. The zero-order valence-electron chi connectivity index (χ0n) is 11.7. The van der Waals surface area contributed by atoms with E-state index in [2.05, 4.69) is 13.8 Å². The van der Waals surface area contributed by atoms with Crippen LogP contribution in [0.5, 0.6) is 0 Å². The summed E-state index contributed by atoms with van der Waals surface area (Å²) in [6, 6.07) is 2.02. The van der Waals surface area contributed by atoms with Crippen molar-refractivity contribution >= 4 is 5.97 Å². The number of esters is 1. The number of nitrogens with zero attached hydrogens (tertiary/aromatic N) is 1. The average molecular weight is 249 g/mol. The lowest BCUT2D eigenvalue weighted by Crippen LogP contribution is -2.24. The molecule has 3 heteroatoms. The van der Waals surface area contributed by atoms with Gasteiger partial charge in [-0.15, -0.1) is 0 Å². The molecule has 0 unspecified atom stereocenters. The predicted molar refractivity (Wildman–Crippen MR) is 70.8 cm³/mol. The van der Waals surface area contributed by atoms with Crippen LogP contribution in [-0.2, 0) is 9.53 Å². The summed E-state index contributed by atoms with van der Waals surface area (Å²) in [6.45, 7) is 6.55. The summed E-state index contributed by atoms with van der Waals surface area (Å²) in [4.78, 5) is 11.7. The molecule has 1 fully saturated rings. The van der Waals surface area contributed by atoms with Crippen molar-refractivity contribution in [3.63, 3.8) is 0 Å². The summed E-state index contributed by atoms with van der Waals surface area (Å²) in [7, 11) is 0. The molecule has 0 aromatic heterocycles. The van der Waals surface area contributed by atoms with E-state index < -0.39 is 5.97 Å². The average Bonchev–Trinajstić information content (AvgIpc) is 2.41. The SMILES string of the molecule is CCOC(=O)C(C#N)=C1CCC(CC)(CC)CC1. The first kappa shape index (κ1) is 14.8. The number of carbonyl (C=O) groups is 1. The van der Waals surface area contributed by atoms with Crippen LogP contribution >= 0.6 is 0 Å². The molecule has 0 bridgehead atoms. The Morgan fingerprint density at radius 2 is 1.83 bits per heavy atom. The van der Waals surface area contributed by atoms with E-state index in [1.54, 1.807) is 6.92 Å². The second-order valence-electron chi connectivity index (χ2n) is 5.02. The maximum Gasteiger partial charge on any atom is 0.348 e. The molecule has 1 saturated carbocycles. The van der Waals surface area contributed by atoms with Gasteiger partial charge in [0.1, 0.15) is 11.6 Å². The van der Waals surface area contributed by atoms with Crippen LogP contribution < -0.4 is 0 Å². The highest BCUT2D eigenvalue weighted by Gasteiger charge is 2.32. The molecule has 100 valence electrons. The number of rotatable bonds is 4. The Morgan fingerprint density at radius 1 is 1.28 bits per heavy atom. The molecule has 0 N–H and O–H groups in total. The van der Waals surface area contributed by atoms with Gasteiger partial charge in [0, 0.05) is 0 Å². The Balaban J connectivity index is 2.81. The maximum atomic E-state index is 11.7. The van der Waals surface area contributed by atoms with Crippen LogP contribution in [-0.4, -0.2) is 12.6 Å². The van der Waals surface area contributed by atoms with Gasteiger partial charge in [0.2, 0.25) is 0 Å². The van der Waals surface area contributed by atoms with Gasteiger partial charge in [-0.2, -0.15) is 5.26 Å². The van der Waals surface area contributed by atoms with Gasteiger partial charge in [-0.25, -0.2) is 4.79 Å². The molecule has 1 aliphatic rings. The van der Waals surface area contributed by atoms with Crippen molar-refractivity contribution in [2.75, 3.05) is 6.61 Å². The van der Waals surface area contributed by atoms with E-state index in [-0.39, 0.29) is 5.57 Å². The van der Waals surface area contributed by atoms with Gasteiger partial charge >= 0.3 is 5.97 Å². The molecule has 0 radical (unpaired) electrons. The third kappa shape index (κ3) is 3.13. The van der Waals surface area contributed by atoms with Gasteiger partial charge in [0.05, 0.1) is 6.61 Å². The van der Waals surface area contributed by atoms with E-state index in [1.165, 1.54) is 12.8 Å². The lowest BCUT2D eigenvalue weighted by molar-refractivity contribution is -0.138. The fourth-order valence-corrected chi connectivity index (χ4v) is 2.76. The Hall–Kier alpha value is -1.30. The molecule has 0 aliphatic heterocycles. The third-order valence-corrected chi connectivity index (χ3v) is 4.36. The molecule has 0 saturated heterocycles. The van der Waals surface area contributed by atoms with Crippen LogP contribution in [0.4, 0.5) is 0 Å². The van der Waals surface area contributed by atoms with Crippen molar-refractivity contribution in [1.82, 2.24) is 0 Å². The fourth-order valence-electron chi connectivity index (χ4n) is 2.76. The second-order valence-corrected chi connectivity index (χ2v) is 5.02. The van der Waals surface area contributed by atoms with Crippen LogP contribution in [0.2, 0.25) is 0 Å². The highest BCUT2D eigenvalue weighted by Crippen LogP contribution is 2.44. The van der Waals surface area contributed by atoms with E-state index >= 15 is 0 Å². The van der Waals surface area contributed by atoms with Crippen molar-refractivity contribution in [2.24, 2.45) is 5.41 Å². The van der Waals surface area contributed by atoms with Crippen LogP contribution in [0.1, 0.15) is 59.3 Å². The maximum absolute atomic E-state index is 11.7. The molecule has 0 heterocycles. The predicted octanol–water partition coefficient (Wildman–Crippen LogP) is 3.75. The standard InChI is InChI=1S/C15H23NO2/c1-4-15(5-2)9-7-12(8-10-15)13(11-16)14(17)18-6-3/h4-10H2,1-3H3. The summed E-state index contributed by atoms with van der Waals surface area (Å²) in [6.07, 6.45) is 6.25. The molecular weight excluding hydrogens is 226 g/mol. The number of carbonyl (C=O) groups excluding carboxylic acids is 1. The van der Waals surface area contributed by atoms with E-state index in [0.29, 0.717) is 12.0 Å². The van der Waals surface area contributed by atoms with Crippen LogP contribution in [0, 0.1) is 16.7 Å². The lowest BCUT2D eigenvalue weighted by atomic mass is 9.68. The molecule has 0 atom stereocenters. The van der Waals surface area contributed by atoms with E-state index in [0.717, 1.165) is 31.3 Å². The molecule has 1 aliphatic carbocycles. The summed E-state index contributed by atoms with van der Waals surface area (Å²) >= 11 is 0.